The predicted octanol–water partition coefficient (Wildman–Crippen LogP) is 1.79. The summed E-state index contributed by atoms with van der Waals surface area (Å²) in [4.78, 5) is 15.8. The first-order valence-corrected chi connectivity index (χ1v) is 6.69. The zero-order valence-electron chi connectivity index (χ0n) is 9.72. The maximum absolute atomic E-state index is 11.8. The molecule has 1 heterocycles. The van der Waals surface area contributed by atoms with E-state index in [-0.39, 0.29) is 5.91 Å². The topological polar surface area (TPSA) is 68.0 Å². The van der Waals surface area contributed by atoms with E-state index in [0.717, 1.165) is 6.42 Å². The Morgan fingerprint density at radius 3 is 3.06 bits per heavy atom. The molecule has 5 heteroatoms. The molecule has 2 aromatic rings. The molecule has 0 bridgehead atoms. The van der Waals surface area contributed by atoms with Crippen molar-refractivity contribution in [2.45, 2.75) is 12.3 Å². The molecule has 0 saturated carbocycles. The molecule has 0 spiro atoms. The van der Waals surface area contributed by atoms with Gasteiger partial charge in [0.15, 0.2) is 5.13 Å². The second-order valence-electron chi connectivity index (χ2n) is 4.38. The number of nitrogens with one attached hydrogen (secondary N) is 1. The molecular weight excluding hydrogens is 246 g/mol. The smallest absolute Gasteiger partial charge is 0.270 e. The van der Waals surface area contributed by atoms with E-state index in [1.165, 1.54) is 22.5 Å². The van der Waals surface area contributed by atoms with Crippen LogP contribution in [0.5, 0.6) is 0 Å². The Kier molecular flexibility index (Phi) is 2.76. The van der Waals surface area contributed by atoms with Crippen LogP contribution in [0.3, 0.4) is 0 Å². The van der Waals surface area contributed by atoms with Crippen molar-refractivity contribution in [1.29, 1.82) is 0 Å². The molecule has 0 fully saturated rings. The lowest BCUT2D eigenvalue weighted by Gasteiger charge is -2.30. The van der Waals surface area contributed by atoms with E-state index < -0.39 is 0 Å². The number of amides is 1. The summed E-state index contributed by atoms with van der Waals surface area (Å²) in [5.41, 5.74) is 8.63. The van der Waals surface area contributed by atoms with Gasteiger partial charge in [0.05, 0.1) is 0 Å². The molecule has 18 heavy (non-hydrogen) atoms. The monoisotopic (exact) mass is 259 g/mol. The summed E-state index contributed by atoms with van der Waals surface area (Å²) >= 11 is 1.28. The minimum absolute atomic E-state index is 0.146. The number of aromatic nitrogens is 1. The number of thiazole rings is 1. The summed E-state index contributed by atoms with van der Waals surface area (Å²) in [6.45, 7) is 0.660. The van der Waals surface area contributed by atoms with Crippen LogP contribution >= 0.6 is 11.3 Å². The van der Waals surface area contributed by atoms with Crippen molar-refractivity contribution in [3.05, 3.63) is 46.5 Å². The number of hydrogen-bond acceptors (Lipinski definition) is 4. The van der Waals surface area contributed by atoms with Gasteiger partial charge in [-0.25, -0.2) is 4.98 Å². The highest BCUT2D eigenvalue weighted by Gasteiger charge is 2.25. The average Bonchev–Trinajstić information content (AvgIpc) is 2.77. The van der Waals surface area contributed by atoms with Gasteiger partial charge in [0.2, 0.25) is 0 Å². The number of benzene rings is 1. The Morgan fingerprint density at radius 2 is 2.33 bits per heavy atom. The van der Waals surface area contributed by atoms with Crippen LogP contribution in [-0.2, 0) is 6.42 Å². The van der Waals surface area contributed by atoms with E-state index in [1.807, 2.05) is 12.1 Å². The quantitative estimate of drug-likeness (QED) is 0.883. The standard InChI is InChI=1S/C13H13N3OS/c14-13-16-11(7-18-13)12(17)15-6-9-5-8-3-1-2-4-10(8)9/h1-4,7,9H,5-6H2,(H2,14,16)(H,15,17). The van der Waals surface area contributed by atoms with Gasteiger partial charge in [-0.15, -0.1) is 11.3 Å². The molecule has 1 amide bonds. The van der Waals surface area contributed by atoms with E-state index in [9.17, 15) is 4.79 Å². The largest absolute Gasteiger partial charge is 0.375 e. The first-order valence-electron chi connectivity index (χ1n) is 5.81. The summed E-state index contributed by atoms with van der Waals surface area (Å²) in [7, 11) is 0. The molecular formula is C13H13N3OS. The Morgan fingerprint density at radius 1 is 1.50 bits per heavy atom. The normalized spacial score (nSPS) is 16.8. The number of hydrogen-bond donors (Lipinski definition) is 2. The lowest BCUT2D eigenvalue weighted by Crippen LogP contribution is -2.33. The minimum Gasteiger partial charge on any atom is -0.375 e. The molecule has 1 aliphatic rings. The molecule has 3 N–H and O–H groups in total. The van der Waals surface area contributed by atoms with Crippen molar-refractivity contribution in [3.63, 3.8) is 0 Å². The highest BCUT2D eigenvalue weighted by atomic mass is 32.1. The molecule has 0 aliphatic heterocycles. The second kappa shape index (κ2) is 4.42. The third-order valence-electron chi connectivity index (χ3n) is 3.22. The van der Waals surface area contributed by atoms with Gasteiger partial charge in [-0.3, -0.25) is 4.79 Å². The molecule has 1 aromatic carbocycles. The molecule has 92 valence electrons. The first kappa shape index (κ1) is 11.2. The third kappa shape index (κ3) is 1.97. The van der Waals surface area contributed by atoms with Crippen molar-refractivity contribution in [1.82, 2.24) is 10.3 Å². The number of fused-ring (bicyclic) bond motifs is 1. The van der Waals surface area contributed by atoms with Crippen LogP contribution in [0.15, 0.2) is 29.6 Å². The molecule has 3 rings (SSSR count). The van der Waals surface area contributed by atoms with Gasteiger partial charge in [-0.2, -0.15) is 0 Å². The zero-order valence-corrected chi connectivity index (χ0v) is 10.5. The average molecular weight is 259 g/mol. The van der Waals surface area contributed by atoms with E-state index in [0.29, 0.717) is 23.3 Å². The Hall–Kier alpha value is -1.88. The van der Waals surface area contributed by atoms with E-state index in [1.54, 1.807) is 5.38 Å². The second-order valence-corrected chi connectivity index (χ2v) is 5.27. The summed E-state index contributed by atoms with van der Waals surface area (Å²) in [5.74, 6) is 0.286. The molecule has 1 aliphatic carbocycles. The molecule has 0 saturated heterocycles. The van der Waals surface area contributed by atoms with Crippen LogP contribution in [0.4, 0.5) is 5.13 Å². The minimum atomic E-state index is -0.146. The van der Waals surface area contributed by atoms with E-state index in [4.69, 9.17) is 5.73 Å². The van der Waals surface area contributed by atoms with Gasteiger partial charge in [0, 0.05) is 17.8 Å². The van der Waals surface area contributed by atoms with Crippen LogP contribution in [0.2, 0.25) is 0 Å². The zero-order chi connectivity index (χ0) is 12.5. The number of nitrogen functional groups attached to an aromatic ring is 1. The van der Waals surface area contributed by atoms with Crippen molar-refractivity contribution in [3.8, 4) is 0 Å². The SMILES string of the molecule is Nc1nc(C(=O)NCC2Cc3ccccc32)cs1. The summed E-state index contributed by atoms with van der Waals surface area (Å²) in [5, 5.41) is 5.01. The number of carbonyl (C=O) groups is 1. The lowest BCUT2D eigenvalue weighted by molar-refractivity contribution is 0.0946. The highest BCUT2D eigenvalue weighted by Crippen LogP contribution is 2.34. The van der Waals surface area contributed by atoms with Crippen molar-refractivity contribution >= 4 is 22.4 Å². The van der Waals surface area contributed by atoms with Crippen molar-refractivity contribution in [2.24, 2.45) is 0 Å². The Labute approximate surface area is 109 Å². The fraction of sp³-hybridized carbons (Fsp3) is 0.231. The van der Waals surface area contributed by atoms with Gasteiger partial charge < -0.3 is 11.1 Å². The number of carbonyl (C=O) groups excluding carboxylic acids is 1. The fourth-order valence-electron chi connectivity index (χ4n) is 2.24. The Bertz CT molecular complexity index is 593. The molecule has 1 atom stereocenters. The lowest BCUT2D eigenvalue weighted by atomic mass is 9.77. The maximum Gasteiger partial charge on any atom is 0.270 e. The van der Waals surface area contributed by atoms with Crippen LogP contribution in [0.1, 0.15) is 27.5 Å². The Balaban J connectivity index is 1.59. The highest BCUT2D eigenvalue weighted by molar-refractivity contribution is 7.13. The van der Waals surface area contributed by atoms with Gasteiger partial charge >= 0.3 is 0 Å². The summed E-state index contributed by atoms with van der Waals surface area (Å²) in [6.07, 6.45) is 1.04. The number of anilines is 1. The molecule has 1 aromatic heterocycles. The van der Waals surface area contributed by atoms with Gasteiger partial charge in [0.25, 0.3) is 5.91 Å². The molecule has 1 unspecified atom stereocenters. The van der Waals surface area contributed by atoms with E-state index in [2.05, 4.69) is 22.4 Å². The van der Waals surface area contributed by atoms with Crippen LogP contribution < -0.4 is 11.1 Å². The first-order chi connectivity index (χ1) is 8.74. The fourth-order valence-corrected chi connectivity index (χ4v) is 2.79. The summed E-state index contributed by atoms with van der Waals surface area (Å²) < 4.78 is 0. The van der Waals surface area contributed by atoms with Crippen molar-refractivity contribution in [2.75, 3.05) is 12.3 Å². The third-order valence-corrected chi connectivity index (χ3v) is 3.90. The van der Waals surface area contributed by atoms with Gasteiger partial charge in [-0.05, 0) is 17.5 Å². The van der Waals surface area contributed by atoms with Crippen LogP contribution in [0, 0.1) is 0 Å². The van der Waals surface area contributed by atoms with Gasteiger partial charge in [0.1, 0.15) is 5.69 Å². The van der Waals surface area contributed by atoms with Gasteiger partial charge in [-0.1, -0.05) is 24.3 Å². The number of nitrogens with zero attached hydrogens (tertiary/aromatic N) is 1. The van der Waals surface area contributed by atoms with Crippen molar-refractivity contribution < 1.29 is 4.79 Å². The van der Waals surface area contributed by atoms with Crippen LogP contribution in [-0.4, -0.2) is 17.4 Å². The molecule has 0 radical (unpaired) electrons. The predicted molar refractivity (Wildman–Crippen MR) is 71.7 cm³/mol. The summed E-state index contributed by atoms with van der Waals surface area (Å²) in [6, 6.07) is 8.34. The maximum atomic E-state index is 11.8. The van der Waals surface area contributed by atoms with E-state index >= 15 is 0 Å². The van der Waals surface area contributed by atoms with Crippen LogP contribution in [0.25, 0.3) is 0 Å². The number of nitrogens with two attached hydrogens (primary N) is 1. The molecule has 4 nitrogen and oxygen atoms in total. The number of rotatable bonds is 3.